The number of nitrogens with zero attached hydrogens (tertiary/aromatic N) is 2. The van der Waals surface area contributed by atoms with Gasteiger partial charge in [0.2, 0.25) is 0 Å². The van der Waals surface area contributed by atoms with Gasteiger partial charge in [-0.15, -0.1) is 0 Å². The maximum absolute atomic E-state index is 8.45. The number of halogens is 1. The van der Waals surface area contributed by atoms with Gasteiger partial charge in [0, 0.05) is 4.47 Å². The fourth-order valence-electron chi connectivity index (χ4n) is 0.824. The first-order valence-corrected chi connectivity index (χ1v) is 5.82. The van der Waals surface area contributed by atoms with Gasteiger partial charge in [0.25, 0.3) is 0 Å². The largest absolute Gasteiger partial charge is 0.271 e. The molecule has 5 heteroatoms. The van der Waals surface area contributed by atoms with Gasteiger partial charge in [-0.1, -0.05) is 23.9 Å². The zero-order valence-corrected chi connectivity index (χ0v) is 9.89. The Labute approximate surface area is 95.4 Å². The predicted octanol–water partition coefficient (Wildman–Crippen LogP) is 2.87. The van der Waals surface area contributed by atoms with Crippen LogP contribution in [0.1, 0.15) is 0 Å². The summed E-state index contributed by atoms with van der Waals surface area (Å²) in [4.78, 5) is 4.27. The van der Waals surface area contributed by atoms with Crippen LogP contribution in [0.4, 0.5) is 5.69 Å². The fraction of sp³-hybridized carbons (Fsp3) is 0.111. The highest BCUT2D eigenvalue weighted by Crippen LogP contribution is 2.25. The van der Waals surface area contributed by atoms with Crippen molar-refractivity contribution in [1.82, 2.24) is 5.32 Å². The number of aliphatic imine (C=N–C) groups is 1. The van der Waals surface area contributed by atoms with Gasteiger partial charge in [-0.3, -0.25) is 5.32 Å². The molecule has 0 aliphatic rings. The molecule has 0 aromatic heterocycles. The molecule has 0 atom stereocenters. The third-order valence-corrected chi connectivity index (χ3v) is 2.68. The van der Waals surface area contributed by atoms with E-state index in [4.69, 9.17) is 5.26 Å². The summed E-state index contributed by atoms with van der Waals surface area (Å²) in [6.45, 7) is 0. The number of hydrogen-bond acceptors (Lipinski definition) is 3. The molecule has 3 nitrogen and oxygen atoms in total. The van der Waals surface area contributed by atoms with E-state index in [2.05, 4.69) is 26.2 Å². The van der Waals surface area contributed by atoms with Gasteiger partial charge in [0.1, 0.15) is 0 Å². The predicted molar refractivity (Wildman–Crippen MR) is 63.5 cm³/mol. The van der Waals surface area contributed by atoms with E-state index in [0.29, 0.717) is 5.17 Å². The van der Waals surface area contributed by atoms with Gasteiger partial charge in [-0.2, -0.15) is 5.26 Å². The van der Waals surface area contributed by atoms with Crippen LogP contribution in [0.15, 0.2) is 33.7 Å². The highest BCUT2D eigenvalue weighted by molar-refractivity contribution is 9.10. The van der Waals surface area contributed by atoms with Crippen molar-refractivity contribution in [3.05, 3.63) is 28.7 Å². The first-order valence-electron chi connectivity index (χ1n) is 3.80. The van der Waals surface area contributed by atoms with E-state index in [1.165, 1.54) is 11.8 Å². The molecule has 0 spiro atoms. The fourth-order valence-corrected chi connectivity index (χ4v) is 1.54. The van der Waals surface area contributed by atoms with E-state index >= 15 is 0 Å². The molecule has 1 N–H and O–H groups in total. The van der Waals surface area contributed by atoms with Crippen molar-refractivity contribution in [1.29, 1.82) is 5.26 Å². The van der Waals surface area contributed by atoms with Crippen molar-refractivity contribution < 1.29 is 0 Å². The molecule has 72 valence electrons. The van der Waals surface area contributed by atoms with E-state index in [0.717, 1.165) is 10.2 Å². The first kappa shape index (κ1) is 11.1. The van der Waals surface area contributed by atoms with Crippen molar-refractivity contribution in [3.8, 4) is 6.19 Å². The number of hydrogen-bond donors (Lipinski definition) is 1. The van der Waals surface area contributed by atoms with Crippen molar-refractivity contribution in [2.24, 2.45) is 4.99 Å². The Morgan fingerprint density at radius 1 is 1.57 bits per heavy atom. The molecule has 0 radical (unpaired) electrons. The van der Waals surface area contributed by atoms with Gasteiger partial charge < -0.3 is 0 Å². The second kappa shape index (κ2) is 5.68. The molecule has 14 heavy (non-hydrogen) atoms. The minimum absolute atomic E-state index is 0.583. The average molecular weight is 270 g/mol. The second-order valence-electron chi connectivity index (χ2n) is 2.31. The summed E-state index contributed by atoms with van der Waals surface area (Å²) in [6, 6.07) is 7.59. The standard InChI is InChI=1S/C9H8BrN3S/c1-14-9(12-6-11)13-8-5-3-2-4-7(8)10/h2-5H,1H3,(H,12,13). The molecule has 0 saturated carbocycles. The van der Waals surface area contributed by atoms with E-state index < -0.39 is 0 Å². The summed E-state index contributed by atoms with van der Waals surface area (Å²) in [7, 11) is 0. The Morgan fingerprint density at radius 3 is 2.86 bits per heavy atom. The van der Waals surface area contributed by atoms with Crippen LogP contribution in [0.5, 0.6) is 0 Å². The lowest BCUT2D eigenvalue weighted by atomic mass is 10.3. The molecule has 0 saturated heterocycles. The number of nitriles is 1. The monoisotopic (exact) mass is 269 g/mol. The van der Waals surface area contributed by atoms with Crippen LogP contribution in [-0.4, -0.2) is 11.4 Å². The molecular formula is C9H8BrN3S. The van der Waals surface area contributed by atoms with Crippen LogP contribution in [0.25, 0.3) is 0 Å². The maximum Gasteiger partial charge on any atom is 0.183 e. The Balaban J connectivity index is 2.95. The molecule has 0 heterocycles. The molecule has 1 aromatic rings. The Hall–Kier alpha value is -0.990. The summed E-state index contributed by atoms with van der Waals surface area (Å²) in [5.74, 6) is 0. The molecule has 0 bridgehead atoms. The number of amidine groups is 1. The summed E-state index contributed by atoms with van der Waals surface area (Å²) in [5, 5.41) is 11.5. The molecule has 0 unspecified atom stereocenters. The van der Waals surface area contributed by atoms with Gasteiger partial charge in [0.05, 0.1) is 5.69 Å². The Bertz CT molecular complexity index is 384. The summed E-state index contributed by atoms with van der Waals surface area (Å²) in [5.41, 5.74) is 0.805. The van der Waals surface area contributed by atoms with E-state index in [1.807, 2.05) is 36.7 Å². The number of para-hydroxylation sites is 1. The third-order valence-electron chi connectivity index (χ3n) is 1.43. The third kappa shape index (κ3) is 3.05. The van der Waals surface area contributed by atoms with Crippen LogP contribution in [0.3, 0.4) is 0 Å². The lowest BCUT2D eigenvalue weighted by molar-refractivity contribution is 1.28. The first-order chi connectivity index (χ1) is 6.77. The second-order valence-corrected chi connectivity index (χ2v) is 3.96. The SMILES string of the molecule is CSC(=Nc1ccccc1Br)NC#N. The maximum atomic E-state index is 8.45. The van der Waals surface area contributed by atoms with Gasteiger partial charge in [-0.05, 0) is 34.3 Å². The number of benzene rings is 1. The van der Waals surface area contributed by atoms with E-state index in [-0.39, 0.29) is 0 Å². The molecule has 0 aliphatic carbocycles. The van der Waals surface area contributed by atoms with Gasteiger partial charge >= 0.3 is 0 Å². The normalized spacial score (nSPS) is 10.8. The quantitative estimate of drug-likeness (QED) is 0.369. The Morgan fingerprint density at radius 2 is 2.29 bits per heavy atom. The van der Waals surface area contributed by atoms with Crippen LogP contribution in [-0.2, 0) is 0 Å². The van der Waals surface area contributed by atoms with Crippen molar-refractivity contribution in [2.45, 2.75) is 0 Å². The lowest BCUT2D eigenvalue weighted by Crippen LogP contribution is -2.12. The van der Waals surface area contributed by atoms with Crippen molar-refractivity contribution >= 4 is 38.5 Å². The zero-order valence-electron chi connectivity index (χ0n) is 7.49. The molecule has 1 rings (SSSR count). The molecule has 0 aliphatic heterocycles. The van der Waals surface area contributed by atoms with E-state index in [9.17, 15) is 0 Å². The lowest BCUT2D eigenvalue weighted by Gasteiger charge is -2.00. The zero-order chi connectivity index (χ0) is 10.4. The molecule has 0 amide bonds. The van der Waals surface area contributed by atoms with Crippen molar-refractivity contribution in [2.75, 3.05) is 6.26 Å². The number of nitrogens with one attached hydrogen (secondary N) is 1. The summed E-state index contributed by atoms with van der Waals surface area (Å²) in [6.07, 6.45) is 3.70. The Kier molecular flexibility index (Phi) is 4.50. The molecule has 0 fully saturated rings. The minimum Gasteiger partial charge on any atom is -0.271 e. The van der Waals surface area contributed by atoms with Gasteiger partial charge in [0.15, 0.2) is 11.4 Å². The van der Waals surface area contributed by atoms with Gasteiger partial charge in [-0.25, -0.2) is 4.99 Å². The highest BCUT2D eigenvalue weighted by atomic mass is 79.9. The van der Waals surface area contributed by atoms with E-state index in [1.54, 1.807) is 0 Å². The number of thioether (sulfide) groups is 1. The van der Waals surface area contributed by atoms with Crippen LogP contribution in [0, 0.1) is 11.5 Å². The molecule has 1 aromatic carbocycles. The average Bonchev–Trinajstić information content (AvgIpc) is 2.20. The smallest absolute Gasteiger partial charge is 0.183 e. The van der Waals surface area contributed by atoms with Crippen LogP contribution < -0.4 is 5.32 Å². The summed E-state index contributed by atoms with van der Waals surface area (Å²) >= 11 is 4.77. The summed E-state index contributed by atoms with van der Waals surface area (Å²) < 4.78 is 0.909. The van der Waals surface area contributed by atoms with Crippen molar-refractivity contribution in [3.63, 3.8) is 0 Å². The van der Waals surface area contributed by atoms with Crippen LogP contribution >= 0.6 is 27.7 Å². The highest BCUT2D eigenvalue weighted by Gasteiger charge is 1.99. The van der Waals surface area contributed by atoms with Crippen LogP contribution in [0.2, 0.25) is 0 Å². The number of rotatable bonds is 1. The minimum atomic E-state index is 0.583. The molecular weight excluding hydrogens is 262 g/mol. The topological polar surface area (TPSA) is 48.2 Å².